The zero-order valence-electron chi connectivity index (χ0n) is 10.3. The third-order valence-corrected chi connectivity index (χ3v) is 3.80. The van der Waals surface area contributed by atoms with Crippen LogP contribution < -0.4 is 4.72 Å². The molecule has 0 fully saturated rings. The number of benzene rings is 1. The second-order valence-electron chi connectivity index (χ2n) is 3.78. The molecule has 0 atom stereocenters. The molecule has 0 unspecified atom stereocenters. The first-order valence-corrected chi connectivity index (χ1v) is 6.90. The number of aryl methyl sites for hydroxylation is 1. The lowest BCUT2D eigenvalue weighted by Crippen LogP contribution is -2.24. The topological polar surface area (TPSA) is 109 Å². The molecule has 1 N–H and O–H groups in total. The second kappa shape index (κ2) is 5.36. The van der Waals surface area contributed by atoms with Gasteiger partial charge in [0.25, 0.3) is 0 Å². The van der Waals surface area contributed by atoms with Crippen LogP contribution in [0.3, 0.4) is 0 Å². The molecular weight excluding hydrogens is 287 g/mol. The minimum Gasteiger partial charge on any atom is -0.338 e. The van der Waals surface area contributed by atoms with E-state index in [1.807, 2.05) is 0 Å². The Hall–Kier alpha value is -2.31. The summed E-state index contributed by atoms with van der Waals surface area (Å²) in [4.78, 5) is 3.39. The van der Waals surface area contributed by atoms with E-state index in [0.29, 0.717) is 5.82 Å². The van der Waals surface area contributed by atoms with Crippen LogP contribution in [-0.2, 0) is 16.6 Å². The molecule has 20 heavy (non-hydrogen) atoms. The van der Waals surface area contributed by atoms with Crippen molar-refractivity contribution in [2.24, 2.45) is 0 Å². The van der Waals surface area contributed by atoms with E-state index in [-0.39, 0.29) is 12.4 Å². The Morgan fingerprint density at radius 2 is 2.25 bits per heavy atom. The number of hydrogen-bond donors (Lipinski definition) is 1. The van der Waals surface area contributed by atoms with Crippen LogP contribution in [0.15, 0.2) is 27.6 Å². The molecule has 104 valence electrons. The zero-order chi connectivity index (χ0) is 14.8. The summed E-state index contributed by atoms with van der Waals surface area (Å²) in [5, 5.41) is 12.3. The van der Waals surface area contributed by atoms with E-state index in [2.05, 4.69) is 14.9 Å². The Labute approximate surface area is 114 Å². The van der Waals surface area contributed by atoms with Crippen LogP contribution in [0.2, 0.25) is 0 Å². The molecule has 0 amide bonds. The van der Waals surface area contributed by atoms with Crippen molar-refractivity contribution in [2.45, 2.75) is 18.4 Å². The minimum atomic E-state index is -4.05. The molecule has 0 aliphatic heterocycles. The zero-order valence-corrected chi connectivity index (χ0v) is 11.1. The average molecular weight is 296 g/mol. The average Bonchev–Trinajstić information content (AvgIpc) is 2.82. The molecule has 0 aliphatic rings. The number of aromatic nitrogens is 2. The summed E-state index contributed by atoms with van der Waals surface area (Å²) in [7, 11) is -4.05. The SMILES string of the molecule is Cc1noc(CNS(=O)(=O)c2cccc(F)c2C#N)n1. The summed E-state index contributed by atoms with van der Waals surface area (Å²) in [5.74, 6) is -0.465. The van der Waals surface area contributed by atoms with Crippen molar-refractivity contribution < 1.29 is 17.3 Å². The van der Waals surface area contributed by atoms with Crippen LogP contribution in [0.4, 0.5) is 4.39 Å². The molecule has 1 aromatic carbocycles. The van der Waals surface area contributed by atoms with Crippen LogP contribution in [0.25, 0.3) is 0 Å². The smallest absolute Gasteiger partial charge is 0.242 e. The highest BCUT2D eigenvalue weighted by Crippen LogP contribution is 2.18. The van der Waals surface area contributed by atoms with Crippen molar-refractivity contribution in [2.75, 3.05) is 0 Å². The van der Waals surface area contributed by atoms with E-state index >= 15 is 0 Å². The number of nitrogens with zero attached hydrogens (tertiary/aromatic N) is 3. The van der Waals surface area contributed by atoms with Crippen molar-refractivity contribution >= 4 is 10.0 Å². The van der Waals surface area contributed by atoms with Gasteiger partial charge in [-0.1, -0.05) is 11.2 Å². The first-order chi connectivity index (χ1) is 9.44. The van der Waals surface area contributed by atoms with Gasteiger partial charge in [0.05, 0.1) is 6.54 Å². The van der Waals surface area contributed by atoms with Gasteiger partial charge in [0.1, 0.15) is 22.3 Å². The summed E-state index contributed by atoms with van der Waals surface area (Å²) in [6, 6.07) is 4.89. The molecule has 0 saturated heterocycles. The first-order valence-electron chi connectivity index (χ1n) is 5.41. The monoisotopic (exact) mass is 296 g/mol. The highest BCUT2D eigenvalue weighted by molar-refractivity contribution is 7.89. The van der Waals surface area contributed by atoms with Gasteiger partial charge in [0.2, 0.25) is 15.9 Å². The maximum absolute atomic E-state index is 13.4. The predicted octanol–water partition coefficient (Wildman–Crippen LogP) is 0.867. The molecule has 2 rings (SSSR count). The van der Waals surface area contributed by atoms with Crippen molar-refractivity contribution in [1.29, 1.82) is 5.26 Å². The summed E-state index contributed by atoms with van der Waals surface area (Å²) in [6.45, 7) is 1.34. The van der Waals surface area contributed by atoms with E-state index in [4.69, 9.17) is 9.78 Å². The molecule has 2 aromatic rings. The van der Waals surface area contributed by atoms with Gasteiger partial charge < -0.3 is 4.52 Å². The number of halogens is 1. The Kier molecular flexibility index (Phi) is 3.78. The molecular formula is C11H9FN4O3S. The number of nitrogens with one attached hydrogen (secondary N) is 1. The third-order valence-electron chi connectivity index (χ3n) is 2.36. The van der Waals surface area contributed by atoms with Gasteiger partial charge in [-0.05, 0) is 19.1 Å². The summed E-state index contributed by atoms with van der Waals surface area (Å²) in [6.07, 6.45) is 0. The molecule has 0 bridgehead atoms. The van der Waals surface area contributed by atoms with Crippen LogP contribution in [-0.4, -0.2) is 18.6 Å². The molecule has 1 heterocycles. The maximum atomic E-state index is 13.4. The Morgan fingerprint density at radius 1 is 1.50 bits per heavy atom. The Balaban J connectivity index is 2.27. The van der Waals surface area contributed by atoms with Gasteiger partial charge >= 0.3 is 0 Å². The molecule has 0 radical (unpaired) electrons. The van der Waals surface area contributed by atoms with E-state index in [1.165, 1.54) is 12.1 Å². The summed E-state index contributed by atoms with van der Waals surface area (Å²) in [5.41, 5.74) is -0.540. The standard InChI is InChI=1S/C11H9FN4O3S/c1-7-15-11(19-16-7)6-14-20(17,18)10-4-2-3-9(12)8(10)5-13/h2-4,14H,6H2,1H3. The van der Waals surface area contributed by atoms with Gasteiger partial charge in [0.15, 0.2) is 5.82 Å². The van der Waals surface area contributed by atoms with Crippen molar-refractivity contribution in [3.63, 3.8) is 0 Å². The van der Waals surface area contributed by atoms with Gasteiger partial charge in [-0.15, -0.1) is 0 Å². The van der Waals surface area contributed by atoms with E-state index < -0.39 is 26.3 Å². The molecule has 9 heteroatoms. The first kappa shape index (κ1) is 14.1. The van der Waals surface area contributed by atoms with Crippen LogP contribution in [0, 0.1) is 24.1 Å². The lowest BCUT2D eigenvalue weighted by Gasteiger charge is -2.06. The Morgan fingerprint density at radius 3 is 2.85 bits per heavy atom. The fourth-order valence-electron chi connectivity index (χ4n) is 1.48. The molecule has 0 saturated carbocycles. The fraction of sp³-hybridized carbons (Fsp3) is 0.182. The molecule has 0 aliphatic carbocycles. The highest BCUT2D eigenvalue weighted by Gasteiger charge is 2.21. The van der Waals surface area contributed by atoms with Crippen LogP contribution in [0.5, 0.6) is 0 Å². The van der Waals surface area contributed by atoms with E-state index in [0.717, 1.165) is 12.1 Å². The third kappa shape index (κ3) is 2.81. The second-order valence-corrected chi connectivity index (χ2v) is 5.52. The molecule has 7 nitrogen and oxygen atoms in total. The van der Waals surface area contributed by atoms with E-state index in [1.54, 1.807) is 6.92 Å². The van der Waals surface area contributed by atoms with Gasteiger partial charge in [-0.2, -0.15) is 10.2 Å². The summed E-state index contributed by atoms with van der Waals surface area (Å²) < 4.78 is 44.4. The van der Waals surface area contributed by atoms with E-state index in [9.17, 15) is 12.8 Å². The summed E-state index contributed by atoms with van der Waals surface area (Å²) >= 11 is 0. The van der Waals surface area contributed by atoms with Gasteiger partial charge in [0, 0.05) is 0 Å². The van der Waals surface area contributed by atoms with Crippen molar-refractivity contribution in [1.82, 2.24) is 14.9 Å². The maximum Gasteiger partial charge on any atom is 0.242 e. The lowest BCUT2D eigenvalue weighted by molar-refractivity contribution is 0.372. The minimum absolute atomic E-state index is 0.0704. The van der Waals surface area contributed by atoms with Gasteiger partial charge in [-0.25, -0.2) is 17.5 Å². The quantitative estimate of drug-likeness (QED) is 0.896. The number of rotatable bonds is 4. The predicted molar refractivity (Wildman–Crippen MR) is 64.2 cm³/mol. The largest absolute Gasteiger partial charge is 0.338 e. The molecule has 1 aromatic heterocycles. The number of sulfonamides is 1. The normalized spacial score (nSPS) is 11.2. The van der Waals surface area contributed by atoms with Gasteiger partial charge in [-0.3, -0.25) is 0 Å². The highest BCUT2D eigenvalue weighted by atomic mass is 32.2. The molecule has 0 spiro atoms. The van der Waals surface area contributed by atoms with Crippen LogP contribution in [0.1, 0.15) is 17.3 Å². The van der Waals surface area contributed by atoms with Crippen molar-refractivity contribution in [3.05, 3.63) is 41.3 Å². The lowest BCUT2D eigenvalue weighted by atomic mass is 10.2. The fourth-order valence-corrected chi connectivity index (χ4v) is 2.62. The number of hydrogen-bond acceptors (Lipinski definition) is 6. The number of nitriles is 1. The van der Waals surface area contributed by atoms with Crippen molar-refractivity contribution in [3.8, 4) is 6.07 Å². The van der Waals surface area contributed by atoms with Crippen LogP contribution >= 0.6 is 0 Å². The Bertz CT molecular complexity index is 779.